The van der Waals surface area contributed by atoms with Crippen LogP contribution in [0.5, 0.6) is 0 Å². The minimum atomic E-state index is -0.157. The maximum Gasteiger partial charge on any atom is 0.0568 e. The Morgan fingerprint density at radius 3 is 1.05 bits per heavy atom. The first-order valence-corrected chi connectivity index (χ1v) is 27.0. The summed E-state index contributed by atoms with van der Waals surface area (Å²) in [4.78, 5) is 4.95. The average molecular weight is 986 g/mol. The Balaban J connectivity index is 0.949. The van der Waals surface area contributed by atoms with Gasteiger partial charge in [0.2, 0.25) is 0 Å². The number of benzene rings is 12. The minimum Gasteiger partial charge on any atom is -0.310 e. The molecule has 15 rings (SSSR count). The summed E-state index contributed by atoms with van der Waals surface area (Å²) in [5, 5.41) is 4.92. The van der Waals surface area contributed by atoms with Gasteiger partial charge in [-0.2, -0.15) is 0 Å². The van der Waals surface area contributed by atoms with E-state index >= 15 is 0 Å². The van der Waals surface area contributed by atoms with E-state index in [-0.39, 0.29) is 10.8 Å². The lowest BCUT2D eigenvalue weighted by molar-refractivity contribution is 0.660. The second-order valence-corrected chi connectivity index (χ2v) is 22.2. The van der Waals surface area contributed by atoms with E-state index in [1.165, 1.54) is 88.3 Å². The van der Waals surface area contributed by atoms with E-state index in [9.17, 15) is 0 Å². The molecule has 12 aromatic carbocycles. The standard InChI is InChI=1S/C74H55N3/c1-73(2)65-26-16-14-24-61(65)63-40-38-57(44-67(63)73)75(55-34-30-50(31-35-55)48-18-8-5-9-19-48)59-42-52-28-29-53-43-60(47-70-72(53)71(52)69(46-59)77(70)54-22-12-7-13-23-54)76(56-36-32-51(33-37-56)49-20-10-6-11-21-49)58-39-41-64-62-25-15-17-27-66(62)74(3,4)68(64)45-58/h5-47H,1-4H3. The van der Waals surface area contributed by atoms with E-state index in [4.69, 9.17) is 0 Å². The van der Waals surface area contributed by atoms with Crippen LogP contribution >= 0.6 is 0 Å². The van der Waals surface area contributed by atoms with E-state index in [2.05, 4.69) is 303 Å². The second kappa shape index (κ2) is 17.0. The highest BCUT2D eigenvalue weighted by atomic mass is 15.2. The number of fused-ring (bicyclic) bond motifs is 6. The van der Waals surface area contributed by atoms with Crippen LogP contribution in [0.15, 0.2) is 261 Å². The Hall–Kier alpha value is -9.44. The topological polar surface area (TPSA) is 11.4 Å². The van der Waals surface area contributed by atoms with Gasteiger partial charge in [0.15, 0.2) is 0 Å². The van der Waals surface area contributed by atoms with Crippen molar-refractivity contribution in [2.75, 3.05) is 9.80 Å². The van der Waals surface area contributed by atoms with Gasteiger partial charge in [-0.25, -0.2) is 0 Å². The lowest BCUT2D eigenvalue weighted by Crippen LogP contribution is -2.16. The quantitative estimate of drug-likeness (QED) is 0.134. The van der Waals surface area contributed by atoms with Crippen LogP contribution in [0.25, 0.3) is 82.8 Å². The first kappa shape index (κ1) is 45.0. The molecule has 0 spiro atoms. The molecule has 0 atom stereocenters. The molecule has 0 fully saturated rings. The van der Waals surface area contributed by atoms with E-state index < -0.39 is 0 Å². The lowest BCUT2D eigenvalue weighted by Gasteiger charge is -2.29. The number of para-hydroxylation sites is 1. The molecule has 2 aliphatic carbocycles. The van der Waals surface area contributed by atoms with Crippen molar-refractivity contribution in [3.8, 4) is 50.2 Å². The monoisotopic (exact) mass is 985 g/mol. The summed E-state index contributed by atoms with van der Waals surface area (Å²) in [5.74, 6) is 0. The van der Waals surface area contributed by atoms with Crippen LogP contribution in [0.1, 0.15) is 49.9 Å². The lowest BCUT2D eigenvalue weighted by atomic mass is 9.82. The Kier molecular flexibility index (Phi) is 9.96. The molecule has 3 nitrogen and oxygen atoms in total. The molecule has 0 bridgehead atoms. The first-order valence-electron chi connectivity index (χ1n) is 27.0. The van der Waals surface area contributed by atoms with Gasteiger partial charge in [0, 0.05) is 61.4 Å². The minimum absolute atomic E-state index is 0.157. The van der Waals surface area contributed by atoms with Gasteiger partial charge in [0.1, 0.15) is 0 Å². The summed E-state index contributed by atoms with van der Waals surface area (Å²) < 4.78 is 2.51. The van der Waals surface area contributed by atoms with Crippen molar-refractivity contribution in [3.05, 3.63) is 283 Å². The molecule has 0 unspecified atom stereocenters. The van der Waals surface area contributed by atoms with E-state index in [1.807, 2.05) is 0 Å². The molecule has 0 radical (unpaired) electrons. The third-order valence-corrected chi connectivity index (χ3v) is 17.1. The second-order valence-electron chi connectivity index (χ2n) is 22.2. The summed E-state index contributed by atoms with van der Waals surface area (Å²) >= 11 is 0. The van der Waals surface area contributed by atoms with Crippen LogP contribution in [0.4, 0.5) is 34.1 Å². The molecule has 3 heteroatoms. The van der Waals surface area contributed by atoms with Crippen molar-refractivity contribution in [1.29, 1.82) is 0 Å². The smallest absolute Gasteiger partial charge is 0.0568 e. The van der Waals surface area contributed by atoms with Gasteiger partial charge >= 0.3 is 0 Å². The molecule has 2 aliphatic rings. The molecule has 366 valence electrons. The van der Waals surface area contributed by atoms with E-state index in [1.54, 1.807) is 0 Å². The van der Waals surface area contributed by atoms with Crippen LogP contribution < -0.4 is 9.80 Å². The SMILES string of the molecule is CC1(C)c2ccccc2-c2ccc(N(c3ccc(-c4ccccc4)cc3)c3cc4ccc5cc(N(c6ccc(-c7ccccc7)cc6)c6ccc7c(c6)C(C)(C)c6ccccc6-7)cc6c5c4c(c3)n6-c3ccccc3)cc21. The molecule has 0 aliphatic heterocycles. The Morgan fingerprint density at radius 1 is 0.273 bits per heavy atom. The van der Waals surface area contributed by atoms with Crippen molar-refractivity contribution in [2.24, 2.45) is 0 Å². The molecule has 0 saturated heterocycles. The molecule has 1 aromatic heterocycles. The summed E-state index contributed by atoms with van der Waals surface area (Å²) in [6.45, 7) is 9.49. The zero-order chi connectivity index (χ0) is 51.6. The van der Waals surface area contributed by atoms with E-state index in [0.29, 0.717) is 0 Å². The van der Waals surface area contributed by atoms with Crippen molar-refractivity contribution >= 4 is 66.7 Å². The number of hydrogen-bond donors (Lipinski definition) is 0. The highest BCUT2D eigenvalue weighted by molar-refractivity contribution is 6.26. The molecule has 77 heavy (non-hydrogen) atoms. The fourth-order valence-corrected chi connectivity index (χ4v) is 13.3. The van der Waals surface area contributed by atoms with Gasteiger partial charge in [-0.1, -0.05) is 204 Å². The van der Waals surface area contributed by atoms with Crippen molar-refractivity contribution in [2.45, 2.75) is 38.5 Å². The van der Waals surface area contributed by atoms with Gasteiger partial charge in [0.25, 0.3) is 0 Å². The molecule has 1 heterocycles. The predicted molar refractivity (Wildman–Crippen MR) is 325 cm³/mol. The number of nitrogens with zero attached hydrogens (tertiary/aromatic N) is 3. The zero-order valence-corrected chi connectivity index (χ0v) is 43.7. The maximum absolute atomic E-state index is 2.51. The Morgan fingerprint density at radius 2 is 0.623 bits per heavy atom. The van der Waals surface area contributed by atoms with Gasteiger partial charge in [0.05, 0.1) is 11.0 Å². The zero-order valence-electron chi connectivity index (χ0n) is 43.7. The van der Waals surface area contributed by atoms with Gasteiger partial charge < -0.3 is 14.4 Å². The summed E-state index contributed by atoms with van der Waals surface area (Å²) in [5.41, 5.74) is 25.3. The molecule has 0 saturated carbocycles. The summed E-state index contributed by atoms with van der Waals surface area (Å²) in [6, 6.07) is 97.0. The van der Waals surface area contributed by atoms with Crippen LogP contribution in [0, 0.1) is 0 Å². The Labute approximate surface area is 450 Å². The Bertz CT molecular complexity index is 4150. The normalized spacial score (nSPS) is 13.7. The third kappa shape index (κ3) is 6.97. The number of rotatable bonds is 9. The predicted octanol–water partition coefficient (Wildman–Crippen LogP) is 20.3. The van der Waals surface area contributed by atoms with Gasteiger partial charge in [-0.3, -0.25) is 0 Å². The van der Waals surface area contributed by atoms with Crippen molar-refractivity contribution < 1.29 is 0 Å². The van der Waals surface area contributed by atoms with Gasteiger partial charge in [-0.05, 0) is 162 Å². The highest BCUT2D eigenvalue weighted by Crippen LogP contribution is 2.54. The molecule has 0 amide bonds. The number of anilines is 6. The fraction of sp³-hybridized carbons (Fsp3) is 0.0811. The number of hydrogen-bond acceptors (Lipinski definition) is 2. The van der Waals surface area contributed by atoms with Crippen LogP contribution in [0.2, 0.25) is 0 Å². The molecular formula is C74H55N3. The average Bonchev–Trinajstić information content (AvgIpc) is 4.10. The molecule has 13 aromatic rings. The van der Waals surface area contributed by atoms with E-state index in [0.717, 1.165) is 50.8 Å². The summed E-state index contributed by atoms with van der Waals surface area (Å²) in [7, 11) is 0. The largest absolute Gasteiger partial charge is 0.310 e. The summed E-state index contributed by atoms with van der Waals surface area (Å²) in [6.07, 6.45) is 0. The van der Waals surface area contributed by atoms with Crippen LogP contribution in [-0.4, -0.2) is 4.57 Å². The highest BCUT2D eigenvalue weighted by Gasteiger charge is 2.37. The molecular weight excluding hydrogens is 931 g/mol. The van der Waals surface area contributed by atoms with Crippen molar-refractivity contribution in [3.63, 3.8) is 0 Å². The van der Waals surface area contributed by atoms with Crippen molar-refractivity contribution in [1.82, 2.24) is 4.57 Å². The van der Waals surface area contributed by atoms with Crippen LogP contribution in [0.3, 0.4) is 0 Å². The molecule has 0 N–H and O–H groups in total. The maximum atomic E-state index is 2.51. The first-order chi connectivity index (χ1) is 37.7. The third-order valence-electron chi connectivity index (χ3n) is 17.1. The van der Waals surface area contributed by atoms with Gasteiger partial charge in [-0.15, -0.1) is 0 Å². The van der Waals surface area contributed by atoms with Crippen LogP contribution in [-0.2, 0) is 10.8 Å². The fourth-order valence-electron chi connectivity index (χ4n) is 13.3. The number of aromatic nitrogens is 1.